The number of hydrogen-bond donors (Lipinski definition) is 2. The number of amides is 1. The van der Waals surface area contributed by atoms with Gasteiger partial charge in [-0.2, -0.15) is 0 Å². The molecule has 0 saturated carbocycles. The molecule has 8 heteroatoms. The number of aryl methyl sites for hydroxylation is 1. The minimum Gasteiger partial charge on any atom is -0.496 e. The number of carbonyl (C=O) groups is 1. The Balaban J connectivity index is 1.54. The van der Waals surface area contributed by atoms with Crippen molar-refractivity contribution in [2.24, 2.45) is 0 Å². The fourth-order valence-electron chi connectivity index (χ4n) is 4.58. The molecule has 4 bridgehead atoms. The third-order valence-electron chi connectivity index (χ3n) is 6.16. The van der Waals surface area contributed by atoms with Gasteiger partial charge in [0, 0.05) is 62.9 Å². The molecule has 29 heavy (non-hydrogen) atoms. The Morgan fingerprint density at radius 2 is 1.93 bits per heavy atom. The number of fused-ring (bicyclic) bond motifs is 4. The summed E-state index contributed by atoms with van der Waals surface area (Å²) in [6.45, 7) is 5.20. The molecule has 0 aliphatic carbocycles. The molecule has 2 aromatic rings. The summed E-state index contributed by atoms with van der Waals surface area (Å²) in [5, 5.41) is 6.92. The molecular formula is C21H26N6O2. The third-order valence-corrected chi connectivity index (χ3v) is 6.16. The van der Waals surface area contributed by atoms with Gasteiger partial charge in [0.05, 0.1) is 7.11 Å². The van der Waals surface area contributed by atoms with Crippen LogP contribution in [0, 0.1) is 0 Å². The average Bonchev–Trinajstić information content (AvgIpc) is 3.16. The van der Waals surface area contributed by atoms with Crippen LogP contribution >= 0.6 is 0 Å². The van der Waals surface area contributed by atoms with Crippen LogP contribution in [0.25, 0.3) is 0 Å². The topological polar surface area (TPSA) is 82.6 Å². The van der Waals surface area contributed by atoms with Gasteiger partial charge in [-0.15, -0.1) is 0 Å². The summed E-state index contributed by atoms with van der Waals surface area (Å²) in [7, 11) is 1.67. The zero-order chi connectivity index (χ0) is 19.8. The highest BCUT2D eigenvalue weighted by molar-refractivity contribution is 5.77. The van der Waals surface area contributed by atoms with Gasteiger partial charge in [0.25, 0.3) is 0 Å². The van der Waals surface area contributed by atoms with Crippen LogP contribution in [0.3, 0.4) is 0 Å². The van der Waals surface area contributed by atoms with E-state index in [-0.39, 0.29) is 5.91 Å². The Kier molecular flexibility index (Phi) is 4.71. The SMILES string of the molecule is COc1ccc2cc1CCC(=O)N1CCN(CC1)CC1CNc3ncnc(c31)N2. The number of methoxy groups -OCH3 is 1. The number of anilines is 3. The molecule has 1 fully saturated rings. The summed E-state index contributed by atoms with van der Waals surface area (Å²) in [6.07, 6.45) is 2.76. The number of carbonyl (C=O) groups excluding carboxylic acids is 1. The number of nitrogens with zero attached hydrogens (tertiary/aromatic N) is 4. The van der Waals surface area contributed by atoms with Gasteiger partial charge in [-0.1, -0.05) is 0 Å². The van der Waals surface area contributed by atoms with E-state index in [9.17, 15) is 4.79 Å². The van der Waals surface area contributed by atoms with Crippen molar-refractivity contribution in [2.45, 2.75) is 18.8 Å². The van der Waals surface area contributed by atoms with Crippen molar-refractivity contribution in [3.05, 3.63) is 35.7 Å². The summed E-state index contributed by atoms with van der Waals surface area (Å²) >= 11 is 0. The number of hydrogen-bond acceptors (Lipinski definition) is 7. The lowest BCUT2D eigenvalue weighted by atomic mass is 10.0. The maximum Gasteiger partial charge on any atom is 0.222 e. The highest BCUT2D eigenvalue weighted by Gasteiger charge is 2.31. The van der Waals surface area contributed by atoms with Gasteiger partial charge in [-0.25, -0.2) is 9.97 Å². The number of aromatic nitrogens is 2. The lowest BCUT2D eigenvalue weighted by Gasteiger charge is -2.36. The standard InChI is InChI=1S/C21H26N6O2/c1-29-17-4-3-16-10-14(17)2-5-18(28)27-8-6-26(7-9-27)12-15-11-22-20-19(15)21(25-16)24-13-23-20/h3-4,10,13,15H,2,5-9,11-12H2,1H3,(H2,22,23,24,25). The molecular weight excluding hydrogens is 368 g/mol. The van der Waals surface area contributed by atoms with E-state index >= 15 is 0 Å². The number of ether oxygens (including phenoxy) is 1. The van der Waals surface area contributed by atoms with Gasteiger partial charge in [-0.3, -0.25) is 9.69 Å². The lowest BCUT2D eigenvalue weighted by molar-refractivity contribution is -0.132. The van der Waals surface area contributed by atoms with Crippen LogP contribution in [-0.2, 0) is 11.2 Å². The monoisotopic (exact) mass is 394 g/mol. The molecule has 1 aromatic heterocycles. The molecule has 6 rings (SSSR count). The Morgan fingerprint density at radius 3 is 2.76 bits per heavy atom. The fraction of sp³-hybridized carbons (Fsp3) is 0.476. The summed E-state index contributed by atoms with van der Waals surface area (Å²) in [5.74, 6) is 3.12. The third kappa shape index (κ3) is 3.48. The van der Waals surface area contributed by atoms with Crippen molar-refractivity contribution in [1.82, 2.24) is 19.8 Å². The molecule has 2 N–H and O–H groups in total. The molecule has 4 aliphatic heterocycles. The molecule has 0 radical (unpaired) electrons. The van der Waals surface area contributed by atoms with Crippen molar-refractivity contribution in [3.63, 3.8) is 0 Å². The first kappa shape index (κ1) is 18.2. The zero-order valence-electron chi connectivity index (χ0n) is 16.6. The van der Waals surface area contributed by atoms with E-state index in [0.29, 0.717) is 18.8 Å². The van der Waals surface area contributed by atoms with E-state index in [1.165, 1.54) is 0 Å². The molecule has 5 heterocycles. The molecule has 152 valence electrons. The molecule has 8 nitrogen and oxygen atoms in total. The first-order valence-electron chi connectivity index (χ1n) is 10.2. The molecule has 1 amide bonds. The van der Waals surface area contributed by atoms with Crippen molar-refractivity contribution in [2.75, 3.05) is 57.0 Å². The zero-order valence-corrected chi connectivity index (χ0v) is 16.6. The summed E-state index contributed by atoms with van der Waals surface area (Å²) in [6, 6.07) is 6.01. The first-order chi connectivity index (χ1) is 14.2. The van der Waals surface area contributed by atoms with Crippen molar-refractivity contribution in [1.29, 1.82) is 0 Å². The smallest absolute Gasteiger partial charge is 0.222 e. The highest BCUT2D eigenvalue weighted by Crippen LogP contribution is 2.37. The fourth-order valence-corrected chi connectivity index (χ4v) is 4.58. The van der Waals surface area contributed by atoms with Crippen LogP contribution in [0.1, 0.15) is 23.5 Å². The van der Waals surface area contributed by atoms with Crippen LogP contribution in [-0.4, -0.2) is 72.1 Å². The number of benzene rings is 1. The second kappa shape index (κ2) is 7.51. The van der Waals surface area contributed by atoms with Crippen LogP contribution in [0.5, 0.6) is 5.75 Å². The second-order valence-corrected chi connectivity index (χ2v) is 7.90. The van der Waals surface area contributed by atoms with E-state index in [2.05, 4.69) is 31.6 Å². The highest BCUT2D eigenvalue weighted by atomic mass is 16.5. The van der Waals surface area contributed by atoms with Crippen LogP contribution in [0.2, 0.25) is 0 Å². The summed E-state index contributed by atoms with van der Waals surface area (Å²) in [5.41, 5.74) is 3.12. The molecule has 1 saturated heterocycles. The lowest BCUT2D eigenvalue weighted by Crippen LogP contribution is -2.49. The van der Waals surface area contributed by atoms with E-state index in [1.54, 1.807) is 13.4 Å². The number of piperazine rings is 1. The van der Waals surface area contributed by atoms with Gasteiger partial charge in [-0.05, 0) is 30.2 Å². The van der Waals surface area contributed by atoms with E-state index in [1.807, 2.05) is 17.0 Å². The summed E-state index contributed by atoms with van der Waals surface area (Å²) < 4.78 is 5.53. The van der Waals surface area contributed by atoms with Crippen LogP contribution < -0.4 is 15.4 Å². The van der Waals surface area contributed by atoms with Gasteiger partial charge in [0.2, 0.25) is 5.91 Å². The molecule has 1 atom stereocenters. The predicted molar refractivity (Wildman–Crippen MR) is 111 cm³/mol. The molecule has 1 aromatic carbocycles. The Bertz CT molecular complexity index is 925. The molecule has 1 unspecified atom stereocenters. The van der Waals surface area contributed by atoms with Crippen molar-refractivity contribution < 1.29 is 9.53 Å². The average molecular weight is 394 g/mol. The Hall–Kier alpha value is -2.87. The minimum absolute atomic E-state index is 0.221. The Labute approximate surface area is 170 Å². The van der Waals surface area contributed by atoms with Gasteiger partial charge < -0.3 is 20.3 Å². The predicted octanol–water partition coefficient (Wildman–Crippen LogP) is 1.83. The van der Waals surface area contributed by atoms with E-state index < -0.39 is 0 Å². The molecule has 4 aliphatic rings. The summed E-state index contributed by atoms with van der Waals surface area (Å²) in [4.78, 5) is 26.2. The normalized spacial score (nSPS) is 23.5. The Morgan fingerprint density at radius 1 is 1.10 bits per heavy atom. The minimum atomic E-state index is 0.221. The number of rotatable bonds is 1. The van der Waals surface area contributed by atoms with Crippen LogP contribution in [0.15, 0.2) is 24.5 Å². The van der Waals surface area contributed by atoms with Crippen LogP contribution in [0.4, 0.5) is 17.3 Å². The second-order valence-electron chi connectivity index (χ2n) is 7.90. The maximum absolute atomic E-state index is 12.7. The first-order valence-corrected chi connectivity index (χ1v) is 10.2. The van der Waals surface area contributed by atoms with Gasteiger partial charge in [0.1, 0.15) is 23.7 Å². The van der Waals surface area contributed by atoms with E-state index in [0.717, 1.165) is 73.5 Å². The van der Waals surface area contributed by atoms with Gasteiger partial charge >= 0.3 is 0 Å². The number of nitrogens with one attached hydrogen (secondary N) is 2. The van der Waals surface area contributed by atoms with Crippen molar-refractivity contribution >= 4 is 23.2 Å². The maximum atomic E-state index is 12.7. The largest absolute Gasteiger partial charge is 0.496 e. The van der Waals surface area contributed by atoms with E-state index in [4.69, 9.17) is 4.74 Å². The van der Waals surface area contributed by atoms with Crippen molar-refractivity contribution in [3.8, 4) is 5.75 Å². The quantitative estimate of drug-likeness (QED) is 0.764. The van der Waals surface area contributed by atoms with Gasteiger partial charge in [0.15, 0.2) is 0 Å². The molecule has 0 spiro atoms.